The minimum Gasteiger partial charge on any atom is -0.324 e. The number of hydrogen-bond donors (Lipinski definition) is 6. The Balaban J connectivity index is 4.20. The Morgan fingerprint density at radius 2 is 1.56 bits per heavy atom. The standard InChI is InChI=1S/C6H20N2O6P4/c9-17(10,11)4-6(18(12,13)14)8-2-1-7-5(16)3-15/h5-8H,1-4,15-16H2,(H2,9,10,11)(H2,12,13,14). The van der Waals surface area contributed by atoms with Gasteiger partial charge in [0, 0.05) is 18.9 Å². The van der Waals surface area contributed by atoms with E-state index in [0.29, 0.717) is 6.54 Å². The predicted molar refractivity (Wildman–Crippen MR) is 76.8 cm³/mol. The molecule has 12 heteroatoms. The van der Waals surface area contributed by atoms with Crippen molar-refractivity contribution in [3.8, 4) is 0 Å². The van der Waals surface area contributed by atoms with Gasteiger partial charge >= 0.3 is 15.2 Å². The van der Waals surface area contributed by atoms with Crippen LogP contribution in [0.1, 0.15) is 0 Å². The van der Waals surface area contributed by atoms with Crippen LogP contribution in [0.5, 0.6) is 0 Å². The van der Waals surface area contributed by atoms with Gasteiger partial charge in [-0.1, -0.05) is 0 Å². The van der Waals surface area contributed by atoms with Gasteiger partial charge < -0.3 is 30.2 Å². The van der Waals surface area contributed by atoms with E-state index >= 15 is 0 Å². The van der Waals surface area contributed by atoms with Gasteiger partial charge in [0.2, 0.25) is 0 Å². The summed E-state index contributed by atoms with van der Waals surface area (Å²) in [6.07, 6.45) is -0.0831. The van der Waals surface area contributed by atoms with Crippen molar-refractivity contribution in [2.24, 2.45) is 0 Å². The summed E-state index contributed by atoms with van der Waals surface area (Å²) in [7, 11) is -3.98. The minimum atomic E-state index is -4.58. The molecule has 0 aromatic heterocycles. The molecule has 110 valence electrons. The Hall–Kier alpha value is 1.08. The molecule has 4 unspecified atom stereocenters. The Bertz CT molecular complexity index is 330. The Morgan fingerprint density at radius 3 is 1.94 bits per heavy atom. The first kappa shape index (κ1) is 19.1. The Labute approximate surface area is 110 Å². The first-order valence-electron chi connectivity index (χ1n) is 5.08. The van der Waals surface area contributed by atoms with Gasteiger partial charge in [-0.25, -0.2) is 0 Å². The molecular weight excluding hydrogens is 320 g/mol. The van der Waals surface area contributed by atoms with Gasteiger partial charge in [0.25, 0.3) is 0 Å². The van der Waals surface area contributed by atoms with Crippen LogP contribution in [0, 0.1) is 0 Å². The summed E-state index contributed by atoms with van der Waals surface area (Å²) in [5.41, 5.74) is 0. The van der Waals surface area contributed by atoms with Crippen molar-refractivity contribution in [2.75, 3.05) is 25.4 Å². The van der Waals surface area contributed by atoms with E-state index in [2.05, 4.69) is 29.1 Å². The quantitative estimate of drug-likeness (QED) is 0.230. The van der Waals surface area contributed by atoms with E-state index in [0.717, 1.165) is 6.16 Å². The molecule has 4 atom stereocenters. The molecule has 0 saturated carbocycles. The summed E-state index contributed by atoms with van der Waals surface area (Å²) < 4.78 is 21.8. The molecule has 0 aliphatic rings. The van der Waals surface area contributed by atoms with Gasteiger partial charge in [0.15, 0.2) is 0 Å². The van der Waals surface area contributed by atoms with Crippen LogP contribution in [-0.2, 0) is 9.13 Å². The fourth-order valence-electron chi connectivity index (χ4n) is 1.09. The molecule has 0 rings (SSSR count). The van der Waals surface area contributed by atoms with E-state index in [1.807, 2.05) is 0 Å². The molecule has 0 saturated heterocycles. The molecule has 0 heterocycles. The second-order valence-electron chi connectivity index (χ2n) is 3.70. The van der Waals surface area contributed by atoms with Crippen LogP contribution in [-0.4, -0.2) is 56.6 Å². The smallest absolute Gasteiger partial charge is 0.324 e. The van der Waals surface area contributed by atoms with Crippen molar-refractivity contribution in [1.29, 1.82) is 0 Å². The van der Waals surface area contributed by atoms with E-state index in [4.69, 9.17) is 19.6 Å². The maximum absolute atomic E-state index is 11.1. The zero-order valence-corrected chi connectivity index (χ0v) is 13.7. The lowest BCUT2D eigenvalue weighted by Gasteiger charge is -2.21. The highest BCUT2D eigenvalue weighted by Gasteiger charge is 2.34. The van der Waals surface area contributed by atoms with E-state index in [1.54, 1.807) is 0 Å². The third kappa shape index (κ3) is 9.94. The molecule has 6 N–H and O–H groups in total. The first-order valence-corrected chi connectivity index (χ1v) is 10.0. The summed E-state index contributed by atoms with van der Waals surface area (Å²) in [5.74, 6) is -1.37. The molecule has 0 aromatic carbocycles. The van der Waals surface area contributed by atoms with Gasteiger partial charge in [-0.05, 0) is 6.16 Å². The van der Waals surface area contributed by atoms with Crippen molar-refractivity contribution in [1.82, 2.24) is 10.6 Å². The lowest BCUT2D eigenvalue weighted by atomic mass is 10.5. The third-order valence-corrected chi connectivity index (χ3v) is 5.85. The lowest BCUT2D eigenvalue weighted by molar-refractivity contribution is 0.336. The monoisotopic (exact) mass is 340 g/mol. The highest BCUT2D eigenvalue weighted by atomic mass is 31.2. The molecule has 0 amide bonds. The summed E-state index contributed by atoms with van der Waals surface area (Å²) in [5, 5.41) is 5.50. The number of hydrogen-bond acceptors (Lipinski definition) is 4. The largest absolute Gasteiger partial charge is 0.342 e. The summed E-state index contributed by atoms with van der Waals surface area (Å²) >= 11 is 0. The molecule has 0 radical (unpaired) electrons. The molecule has 0 aromatic rings. The average Bonchev–Trinajstić information content (AvgIpc) is 2.19. The van der Waals surface area contributed by atoms with E-state index < -0.39 is 27.1 Å². The minimum absolute atomic E-state index is 0.159. The second-order valence-corrected chi connectivity index (χ2v) is 8.47. The maximum atomic E-state index is 11.1. The summed E-state index contributed by atoms with van der Waals surface area (Å²) in [6, 6.07) is 0. The van der Waals surface area contributed by atoms with Crippen molar-refractivity contribution in [3.05, 3.63) is 0 Å². The first-order chi connectivity index (χ1) is 8.06. The van der Waals surface area contributed by atoms with Crippen LogP contribution >= 0.6 is 33.7 Å². The van der Waals surface area contributed by atoms with E-state index in [-0.39, 0.29) is 12.3 Å². The van der Waals surface area contributed by atoms with Crippen molar-refractivity contribution in [3.63, 3.8) is 0 Å². The highest BCUT2D eigenvalue weighted by Crippen LogP contribution is 2.47. The van der Waals surface area contributed by atoms with Gasteiger partial charge in [0.05, 0.1) is 6.16 Å². The summed E-state index contributed by atoms with van der Waals surface area (Å²) in [6.45, 7) is 0.631. The van der Waals surface area contributed by atoms with Crippen molar-refractivity contribution in [2.45, 2.75) is 11.6 Å². The molecule has 18 heavy (non-hydrogen) atoms. The van der Waals surface area contributed by atoms with E-state index in [9.17, 15) is 9.13 Å². The fourth-order valence-corrected chi connectivity index (χ4v) is 3.86. The van der Waals surface area contributed by atoms with Gasteiger partial charge in [0.1, 0.15) is 5.78 Å². The molecule has 0 fully saturated rings. The molecule has 0 aliphatic heterocycles. The molecule has 8 nitrogen and oxygen atoms in total. The zero-order valence-electron chi connectivity index (χ0n) is 9.64. The van der Waals surface area contributed by atoms with Gasteiger partial charge in [-0.15, -0.1) is 18.5 Å². The van der Waals surface area contributed by atoms with Crippen LogP contribution in [0.25, 0.3) is 0 Å². The van der Waals surface area contributed by atoms with Crippen LogP contribution in [0.15, 0.2) is 0 Å². The van der Waals surface area contributed by atoms with Crippen LogP contribution in [0.4, 0.5) is 0 Å². The third-order valence-electron chi connectivity index (χ3n) is 1.98. The van der Waals surface area contributed by atoms with Crippen molar-refractivity contribution < 1.29 is 28.7 Å². The normalized spacial score (nSPS) is 16.6. The topological polar surface area (TPSA) is 139 Å². The number of rotatable bonds is 9. The maximum Gasteiger partial charge on any atom is 0.342 e. The van der Waals surface area contributed by atoms with Crippen LogP contribution in [0.3, 0.4) is 0 Å². The van der Waals surface area contributed by atoms with Crippen LogP contribution < -0.4 is 10.6 Å². The molecule has 0 aliphatic carbocycles. The van der Waals surface area contributed by atoms with E-state index in [1.165, 1.54) is 0 Å². The lowest BCUT2D eigenvalue weighted by Crippen LogP contribution is -2.39. The van der Waals surface area contributed by atoms with Crippen molar-refractivity contribution >= 4 is 33.7 Å². The fraction of sp³-hybridized carbons (Fsp3) is 1.00. The predicted octanol–water partition coefficient (Wildman–Crippen LogP) is -1.08. The van der Waals surface area contributed by atoms with Gasteiger partial charge in [-0.2, -0.15) is 0 Å². The molecular formula is C6H20N2O6P4. The molecule has 0 bridgehead atoms. The second kappa shape index (κ2) is 8.39. The Kier molecular flexibility index (Phi) is 8.89. The number of nitrogens with one attached hydrogen (secondary N) is 2. The van der Waals surface area contributed by atoms with Crippen LogP contribution in [0.2, 0.25) is 0 Å². The highest BCUT2D eigenvalue weighted by molar-refractivity contribution is 7.56. The summed E-state index contributed by atoms with van der Waals surface area (Å²) in [4.78, 5) is 35.4. The SMILES string of the molecule is O=P(O)(O)CC(NCCNC(P)CP)P(=O)(O)O. The van der Waals surface area contributed by atoms with Gasteiger partial charge in [-0.3, -0.25) is 9.13 Å². The molecule has 0 spiro atoms. The Morgan fingerprint density at radius 1 is 1.06 bits per heavy atom. The average molecular weight is 340 g/mol. The zero-order chi connectivity index (χ0) is 14.4.